The predicted molar refractivity (Wildman–Crippen MR) is 42.5 cm³/mol. The molecular formula is C8H5ClF4O. The number of halogens is 5. The molecule has 1 aromatic rings. The Labute approximate surface area is 82.2 Å². The Balaban J connectivity index is 3.04. The van der Waals surface area contributed by atoms with Crippen molar-refractivity contribution in [2.75, 3.05) is 0 Å². The van der Waals surface area contributed by atoms with E-state index in [1.165, 1.54) is 0 Å². The minimum absolute atomic E-state index is 0.0938. The Morgan fingerprint density at radius 3 is 2.36 bits per heavy atom. The lowest BCUT2D eigenvalue weighted by Crippen LogP contribution is -2.05. The van der Waals surface area contributed by atoms with Gasteiger partial charge in [-0.25, -0.2) is 8.78 Å². The fraction of sp³-hybridized carbons (Fsp3) is 0.250. The highest BCUT2D eigenvalue weighted by Gasteiger charge is 2.13. The van der Waals surface area contributed by atoms with E-state index in [1.54, 1.807) is 0 Å². The van der Waals surface area contributed by atoms with Crippen molar-refractivity contribution in [1.29, 1.82) is 0 Å². The van der Waals surface area contributed by atoms with E-state index in [9.17, 15) is 17.6 Å². The third-order valence-corrected chi connectivity index (χ3v) is 1.75. The van der Waals surface area contributed by atoms with Gasteiger partial charge in [-0.05, 0) is 6.07 Å². The molecule has 0 amide bonds. The Morgan fingerprint density at radius 1 is 1.21 bits per heavy atom. The molecule has 0 saturated carbocycles. The van der Waals surface area contributed by atoms with Crippen molar-refractivity contribution >= 4 is 11.6 Å². The number of benzene rings is 1. The van der Waals surface area contributed by atoms with Crippen molar-refractivity contribution in [2.45, 2.75) is 12.5 Å². The fourth-order valence-electron chi connectivity index (χ4n) is 0.860. The Kier molecular flexibility index (Phi) is 3.57. The standard InChI is InChI=1S/C8H5ClF4O/c9-3-4-1-7(14-8(12)13)6(11)2-5(4)10/h1-2,8H,3H2. The second kappa shape index (κ2) is 4.50. The van der Waals surface area contributed by atoms with Crippen LogP contribution in [0.5, 0.6) is 5.75 Å². The number of alkyl halides is 3. The largest absolute Gasteiger partial charge is 0.432 e. The second-order valence-electron chi connectivity index (χ2n) is 2.39. The van der Waals surface area contributed by atoms with E-state index < -0.39 is 24.0 Å². The van der Waals surface area contributed by atoms with Crippen LogP contribution in [0.4, 0.5) is 17.6 Å². The minimum atomic E-state index is -3.15. The van der Waals surface area contributed by atoms with Crippen molar-refractivity contribution in [2.24, 2.45) is 0 Å². The predicted octanol–water partition coefficient (Wildman–Crippen LogP) is 3.31. The molecule has 0 aromatic heterocycles. The molecular weight excluding hydrogens is 224 g/mol. The van der Waals surface area contributed by atoms with Crippen molar-refractivity contribution < 1.29 is 22.3 Å². The van der Waals surface area contributed by atoms with Crippen LogP contribution in [0.1, 0.15) is 5.56 Å². The summed E-state index contributed by atoms with van der Waals surface area (Å²) < 4.78 is 52.8. The SMILES string of the molecule is Fc1cc(F)c(OC(F)F)cc1CCl. The van der Waals surface area contributed by atoms with Crippen LogP contribution >= 0.6 is 11.6 Å². The molecule has 0 heterocycles. The van der Waals surface area contributed by atoms with Gasteiger partial charge in [-0.2, -0.15) is 8.78 Å². The van der Waals surface area contributed by atoms with Crippen LogP contribution in [0.15, 0.2) is 12.1 Å². The van der Waals surface area contributed by atoms with Gasteiger partial charge in [0.25, 0.3) is 0 Å². The molecule has 1 rings (SSSR count). The van der Waals surface area contributed by atoms with Crippen molar-refractivity contribution in [3.05, 3.63) is 29.3 Å². The summed E-state index contributed by atoms with van der Waals surface area (Å²) in [6, 6.07) is 1.26. The first kappa shape index (κ1) is 11.1. The fourth-order valence-corrected chi connectivity index (χ4v) is 1.06. The summed E-state index contributed by atoms with van der Waals surface area (Å²) in [5.74, 6) is -3.03. The van der Waals surface area contributed by atoms with Gasteiger partial charge in [0.15, 0.2) is 11.6 Å². The lowest BCUT2D eigenvalue weighted by molar-refractivity contribution is -0.0522. The zero-order chi connectivity index (χ0) is 10.7. The molecule has 0 radical (unpaired) electrons. The summed E-state index contributed by atoms with van der Waals surface area (Å²) in [5, 5.41) is 0. The molecule has 6 heteroatoms. The lowest BCUT2D eigenvalue weighted by Gasteiger charge is -2.07. The summed E-state index contributed by atoms with van der Waals surface area (Å²) in [5.41, 5.74) is -0.0938. The van der Waals surface area contributed by atoms with Gasteiger partial charge in [-0.3, -0.25) is 0 Å². The zero-order valence-corrected chi connectivity index (χ0v) is 7.49. The maximum Gasteiger partial charge on any atom is 0.387 e. The van der Waals surface area contributed by atoms with Gasteiger partial charge in [0.1, 0.15) is 5.82 Å². The van der Waals surface area contributed by atoms with Gasteiger partial charge in [0.2, 0.25) is 0 Å². The summed E-state index contributed by atoms with van der Waals surface area (Å²) in [6.07, 6.45) is 0. The summed E-state index contributed by atoms with van der Waals surface area (Å²) in [6.45, 7) is -3.15. The summed E-state index contributed by atoms with van der Waals surface area (Å²) in [7, 11) is 0. The lowest BCUT2D eigenvalue weighted by atomic mass is 10.2. The van der Waals surface area contributed by atoms with Gasteiger partial charge in [-0.15, -0.1) is 11.6 Å². The molecule has 78 valence electrons. The Bertz CT molecular complexity index is 329. The molecule has 0 N–H and O–H groups in total. The van der Waals surface area contributed by atoms with Gasteiger partial charge in [0.05, 0.1) is 5.88 Å². The molecule has 0 spiro atoms. The van der Waals surface area contributed by atoms with Crippen LogP contribution < -0.4 is 4.74 Å². The maximum absolute atomic E-state index is 12.8. The van der Waals surface area contributed by atoms with Gasteiger partial charge in [-0.1, -0.05) is 0 Å². The first-order chi connectivity index (χ1) is 6.54. The van der Waals surface area contributed by atoms with E-state index in [1.807, 2.05) is 0 Å². The van der Waals surface area contributed by atoms with Gasteiger partial charge < -0.3 is 4.74 Å². The molecule has 0 saturated heterocycles. The number of rotatable bonds is 3. The average molecular weight is 229 g/mol. The molecule has 0 atom stereocenters. The molecule has 1 aromatic carbocycles. The first-order valence-corrected chi connectivity index (χ1v) is 4.06. The second-order valence-corrected chi connectivity index (χ2v) is 2.65. The highest BCUT2D eigenvalue weighted by molar-refractivity contribution is 6.17. The van der Waals surface area contributed by atoms with E-state index in [4.69, 9.17) is 11.6 Å². The zero-order valence-electron chi connectivity index (χ0n) is 6.74. The minimum Gasteiger partial charge on any atom is -0.432 e. The number of ether oxygens (including phenoxy) is 1. The third-order valence-electron chi connectivity index (χ3n) is 1.46. The van der Waals surface area contributed by atoms with E-state index in [0.717, 1.165) is 6.07 Å². The van der Waals surface area contributed by atoms with E-state index in [-0.39, 0.29) is 11.4 Å². The normalized spacial score (nSPS) is 10.7. The van der Waals surface area contributed by atoms with Crippen molar-refractivity contribution in [1.82, 2.24) is 0 Å². The van der Waals surface area contributed by atoms with E-state index in [0.29, 0.717) is 6.07 Å². The van der Waals surface area contributed by atoms with Crippen LogP contribution in [0.3, 0.4) is 0 Å². The Morgan fingerprint density at radius 2 is 1.86 bits per heavy atom. The summed E-state index contributed by atoms with van der Waals surface area (Å²) in [4.78, 5) is 0. The molecule has 0 aliphatic rings. The first-order valence-electron chi connectivity index (χ1n) is 3.53. The van der Waals surface area contributed by atoms with Crippen LogP contribution in [-0.4, -0.2) is 6.61 Å². The molecule has 0 fully saturated rings. The highest BCUT2D eigenvalue weighted by atomic mass is 35.5. The summed E-state index contributed by atoms with van der Waals surface area (Å²) >= 11 is 5.29. The average Bonchev–Trinajstić information content (AvgIpc) is 2.09. The number of hydrogen-bond donors (Lipinski definition) is 0. The Hall–Kier alpha value is -0.970. The molecule has 14 heavy (non-hydrogen) atoms. The van der Waals surface area contributed by atoms with Gasteiger partial charge in [0, 0.05) is 11.6 Å². The van der Waals surface area contributed by atoms with E-state index >= 15 is 0 Å². The molecule has 0 bridgehead atoms. The van der Waals surface area contributed by atoms with Gasteiger partial charge >= 0.3 is 6.61 Å². The van der Waals surface area contributed by atoms with Crippen LogP contribution in [-0.2, 0) is 5.88 Å². The van der Waals surface area contributed by atoms with Crippen LogP contribution in [0.2, 0.25) is 0 Å². The quantitative estimate of drug-likeness (QED) is 0.570. The maximum atomic E-state index is 12.8. The molecule has 1 nitrogen and oxygen atoms in total. The van der Waals surface area contributed by atoms with Crippen molar-refractivity contribution in [3.8, 4) is 5.75 Å². The molecule has 0 unspecified atom stereocenters. The monoisotopic (exact) mass is 228 g/mol. The van der Waals surface area contributed by atoms with Crippen molar-refractivity contribution in [3.63, 3.8) is 0 Å². The highest BCUT2D eigenvalue weighted by Crippen LogP contribution is 2.24. The van der Waals surface area contributed by atoms with Crippen LogP contribution in [0, 0.1) is 11.6 Å². The topological polar surface area (TPSA) is 9.23 Å². The smallest absolute Gasteiger partial charge is 0.387 e. The third kappa shape index (κ3) is 2.51. The van der Waals surface area contributed by atoms with E-state index in [2.05, 4.69) is 4.74 Å². The van der Waals surface area contributed by atoms with Crippen LogP contribution in [0.25, 0.3) is 0 Å². The molecule has 0 aliphatic heterocycles. The molecule has 0 aliphatic carbocycles. The number of hydrogen-bond acceptors (Lipinski definition) is 1.